The number of pyridine rings is 1. The molecule has 37 heavy (non-hydrogen) atoms. The Labute approximate surface area is 209 Å². The van der Waals surface area contributed by atoms with Crippen molar-refractivity contribution in [1.29, 1.82) is 0 Å². The lowest BCUT2D eigenvalue weighted by atomic mass is 10.0. The van der Waals surface area contributed by atoms with Crippen molar-refractivity contribution < 1.29 is 22.4 Å². The van der Waals surface area contributed by atoms with E-state index in [-0.39, 0.29) is 29.9 Å². The fourth-order valence-corrected chi connectivity index (χ4v) is 4.53. The molecule has 1 amide bonds. The van der Waals surface area contributed by atoms with Gasteiger partial charge in [-0.15, -0.1) is 0 Å². The fraction of sp³-hybridized carbons (Fsp3) is 0.375. The summed E-state index contributed by atoms with van der Waals surface area (Å²) in [7, 11) is 0. The van der Waals surface area contributed by atoms with E-state index in [2.05, 4.69) is 31.9 Å². The Morgan fingerprint density at radius 2 is 2.05 bits per heavy atom. The number of amides is 1. The van der Waals surface area contributed by atoms with Gasteiger partial charge in [0.1, 0.15) is 23.3 Å². The number of rotatable bonds is 5. The molecule has 1 aliphatic carbocycles. The van der Waals surface area contributed by atoms with Crippen molar-refractivity contribution >= 4 is 24.1 Å². The molecule has 1 saturated carbocycles. The van der Waals surface area contributed by atoms with Gasteiger partial charge in [-0.3, -0.25) is 14.3 Å². The Balaban J connectivity index is 1.44. The number of aliphatic imine (C=N–C) groups is 2. The smallest absolute Gasteiger partial charge is 0.353 e. The predicted molar refractivity (Wildman–Crippen MR) is 128 cm³/mol. The monoisotopic (exact) mass is 516 g/mol. The van der Waals surface area contributed by atoms with E-state index in [4.69, 9.17) is 0 Å². The second-order valence-electron chi connectivity index (χ2n) is 8.91. The number of halogens is 4. The molecule has 5 rings (SSSR count). The maximum atomic E-state index is 13.6. The SMILES string of the molecule is C=NC(=N/C(=C\C)N1CCN(C(=O)[C@@H]2C[C@@H]2F)C(c2cn[nH]c2)C1)c1cnc2ccc(C(F)(F)F)cn12. The number of amidine groups is 1. The maximum absolute atomic E-state index is 13.6. The minimum absolute atomic E-state index is 0.0940. The van der Waals surface area contributed by atoms with Gasteiger partial charge in [-0.2, -0.15) is 18.3 Å². The van der Waals surface area contributed by atoms with Crippen LogP contribution in [0.25, 0.3) is 5.65 Å². The number of piperazine rings is 1. The number of hydrogen-bond acceptors (Lipinski definition) is 5. The first-order valence-electron chi connectivity index (χ1n) is 11.7. The van der Waals surface area contributed by atoms with Crippen LogP contribution >= 0.6 is 0 Å². The number of fused-ring (bicyclic) bond motifs is 1. The Kier molecular flexibility index (Phi) is 6.30. The van der Waals surface area contributed by atoms with Crippen LogP contribution in [0.3, 0.4) is 0 Å². The van der Waals surface area contributed by atoms with Crippen molar-refractivity contribution in [3.63, 3.8) is 0 Å². The summed E-state index contributed by atoms with van der Waals surface area (Å²) >= 11 is 0. The van der Waals surface area contributed by atoms with Crippen molar-refractivity contribution in [2.75, 3.05) is 19.6 Å². The molecule has 0 spiro atoms. The Morgan fingerprint density at radius 3 is 2.68 bits per heavy atom. The largest absolute Gasteiger partial charge is 0.417 e. The fourth-order valence-electron chi connectivity index (χ4n) is 4.53. The van der Waals surface area contributed by atoms with E-state index < -0.39 is 23.8 Å². The summed E-state index contributed by atoms with van der Waals surface area (Å²) in [5.74, 6) is -0.228. The standard InChI is InChI=1S/C24H24F4N8O/c1-3-20(33-22(29-2)18-11-30-21-5-4-15(12-36(18)21)24(26,27)28)34-6-7-35(23(37)16-8-17(16)25)19(13-34)14-9-31-32-10-14/h3-5,9-12,16-17,19H,2,6-8,13H2,1H3,(H,31,32)/b20-3+,33-22?/t16-,17+,19?/m1/s1. The molecule has 1 unspecified atom stereocenters. The summed E-state index contributed by atoms with van der Waals surface area (Å²) in [6, 6.07) is 1.85. The van der Waals surface area contributed by atoms with Gasteiger partial charge in [-0.1, -0.05) is 0 Å². The van der Waals surface area contributed by atoms with E-state index in [0.717, 1.165) is 17.8 Å². The molecule has 1 N–H and O–H groups in total. The van der Waals surface area contributed by atoms with Crippen molar-refractivity contribution in [3.05, 3.63) is 65.6 Å². The highest BCUT2D eigenvalue weighted by Crippen LogP contribution is 2.39. The van der Waals surface area contributed by atoms with Gasteiger partial charge in [0.05, 0.1) is 29.9 Å². The van der Waals surface area contributed by atoms with Gasteiger partial charge in [0.25, 0.3) is 0 Å². The zero-order valence-electron chi connectivity index (χ0n) is 19.9. The summed E-state index contributed by atoms with van der Waals surface area (Å²) in [6.07, 6.45) is 2.03. The van der Waals surface area contributed by atoms with Crippen LogP contribution in [0.15, 0.2) is 58.8 Å². The maximum Gasteiger partial charge on any atom is 0.417 e. The van der Waals surface area contributed by atoms with Crippen LogP contribution in [0.1, 0.15) is 36.2 Å². The van der Waals surface area contributed by atoms with E-state index in [1.807, 2.05) is 4.90 Å². The van der Waals surface area contributed by atoms with E-state index in [1.165, 1.54) is 16.7 Å². The van der Waals surface area contributed by atoms with Gasteiger partial charge >= 0.3 is 6.18 Å². The lowest BCUT2D eigenvalue weighted by Crippen LogP contribution is -2.50. The van der Waals surface area contributed by atoms with Gasteiger partial charge in [-0.05, 0) is 38.3 Å². The topological polar surface area (TPSA) is 94.2 Å². The summed E-state index contributed by atoms with van der Waals surface area (Å²) in [4.78, 5) is 29.3. The third-order valence-electron chi connectivity index (χ3n) is 6.61. The average molecular weight is 517 g/mol. The van der Waals surface area contributed by atoms with E-state index >= 15 is 0 Å². The Hall–Kier alpha value is -4.03. The second kappa shape index (κ2) is 9.45. The van der Waals surface area contributed by atoms with Gasteiger partial charge in [-0.25, -0.2) is 19.4 Å². The first-order valence-corrected chi connectivity index (χ1v) is 11.7. The average Bonchev–Trinajstić information content (AvgIpc) is 3.26. The molecule has 1 aliphatic heterocycles. The molecule has 4 heterocycles. The molecule has 3 aromatic heterocycles. The van der Waals surface area contributed by atoms with E-state index in [1.54, 1.807) is 30.3 Å². The summed E-state index contributed by atoms with van der Waals surface area (Å²) in [6.45, 7) is 6.45. The molecule has 13 heteroatoms. The molecule has 0 bridgehead atoms. The van der Waals surface area contributed by atoms with Crippen LogP contribution in [0, 0.1) is 5.92 Å². The molecule has 194 valence electrons. The number of aromatic amines is 1. The summed E-state index contributed by atoms with van der Waals surface area (Å²) < 4.78 is 54.8. The first-order chi connectivity index (χ1) is 17.7. The number of nitrogens with one attached hydrogen (secondary N) is 1. The molecule has 0 aromatic carbocycles. The predicted octanol–water partition coefficient (Wildman–Crippen LogP) is 3.63. The number of H-pyrrole nitrogens is 1. The number of nitrogens with zero attached hydrogens (tertiary/aromatic N) is 7. The highest BCUT2D eigenvalue weighted by molar-refractivity contribution is 6.01. The second-order valence-corrected chi connectivity index (χ2v) is 8.91. The number of aromatic nitrogens is 4. The zero-order valence-corrected chi connectivity index (χ0v) is 19.9. The summed E-state index contributed by atoms with van der Waals surface area (Å²) in [5.41, 5.74) is 0.499. The van der Waals surface area contributed by atoms with Gasteiger partial charge in [0.15, 0.2) is 5.84 Å². The van der Waals surface area contributed by atoms with Gasteiger partial charge in [0.2, 0.25) is 5.91 Å². The third-order valence-corrected chi connectivity index (χ3v) is 6.61. The quantitative estimate of drug-likeness (QED) is 0.318. The van der Waals surface area contributed by atoms with E-state index in [0.29, 0.717) is 31.1 Å². The van der Waals surface area contributed by atoms with Gasteiger partial charge in [0, 0.05) is 37.6 Å². The molecule has 0 radical (unpaired) electrons. The van der Waals surface area contributed by atoms with Crippen LogP contribution in [-0.2, 0) is 11.0 Å². The number of allylic oxidation sites excluding steroid dienone is 1. The molecule has 9 nitrogen and oxygen atoms in total. The minimum Gasteiger partial charge on any atom is -0.353 e. The van der Waals surface area contributed by atoms with E-state index in [9.17, 15) is 22.4 Å². The molecular formula is C24H24F4N8O. The third kappa shape index (κ3) is 4.72. The highest BCUT2D eigenvalue weighted by Gasteiger charge is 2.48. The first kappa shape index (κ1) is 24.7. The van der Waals surface area contributed by atoms with Crippen LogP contribution < -0.4 is 0 Å². The van der Waals surface area contributed by atoms with Crippen molar-refractivity contribution in [2.24, 2.45) is 15.9 Å². The van der Waals surface area contributed by atoms with Gasteiger partial charge < -0.3 is 9.80 Å². The molecule has 3 aromatic rings. The van der Waals surface area contributed by atoms with Crippen LogP contribution in [0.5, 0.6) is 0 Å². The van der Waals surface area contributed by atoms with Crippen LogP contribution in [-0.4, -0.2) is 73.6 Å². The van der Waals surface area contributed by atoms with Crippen LogP contribution in [0.4, 0.5) is 17.6 Å². The molecule has 3 atom stereocenters. The van der Waals surface area contributed by atoms with Crippen LogP contribution in [0.2, 0.25) is 0 Å². The molecule has 2 fully saturated rings. The molecule has 1 saturated heterocycles. The normalized spacial score (nSPS) is 23.0. The minimum atomic E-state index is -4.52. The number of carbonyl (C=O) groups excluding carboxylic acids is 1. The number of hydrogen-bond donors (Lipinski definition) is 1. The number of imidazole rings is 1. The Morgan fingerprint density at radius 1 is 1.27 bits per heavy atom. The molecular weight excluding hydrogens is 492 g/mol. The number of carbonyl (C=O) groups is 1. The number of alkyl halides is 4. The molecule has 2 aliphatic rings. The van der Waals surface area contributed by atoms with Crippen molar-refractivity contribution in [2.45, 2.75) is 31.7 Å². The van der Waals surface area contributed by atoms with Crippen molar-refractivity contribution in [1.82, 2.24) is 29.4 Å². The zero-order chi connectivity index (χ0) is 26.3. The Bertz CT molecular complexity index is 1380. The lowest BCUT2D eigenvalue weighted by molar-refractivity contribution is -0.138. The summed E-state index contributed by atoms with van der Waals surface area (Å²) in [5, 5.41) is 6.75. The lowest BCUT2D eigenvalue weighted by Gasteiger charge is -2.42. The highest BCUT2D eigenvalue weighted by atomic mass is 19.4. The van der Waals surface area contributed by atoms with Crippen molar-refractivity contribution in [3.8, 4) is 0 Å².